The van der Waals surface area contributed by atoms with Crippen LogP contribution in [0.3, 0.4) is 0 Å². The summed E-state index contributed by atoms with van der Waals surface area (Å²) in [7, 11) is -4.02. The second-order valence-corrected chi connectivity index (χ2v) is 7.26. The number of hydrogen-bond donors (Lipinski definition) is 0. The maximum Gasteiger partial charge on any atom is 0.344 e. The summed E-state index contributed by atoms with van der Waals surface area (Å²) in [6, 6.07) is 5.54. The molecule has 124 valence electrons. The van der Waals surface area contributed by atoms with E-state index in [2.05, 4.69) is 5.10 Å². The third-order valence-corrected chi connectivity index (χ3v) is 5.83. The first-order chi connectivity index (χ1) is 10.8. The number of aromatic nitrogens is 2. The number of benzene rings is 1. The van der Waals surface area contributed by atoms with Crippen molar-refractivity contribution in [2.24, 2.45) is 0 Å². The molecule has 0 aliphatic carbocycles. The zero-order valence-corrected chi connectivity index (χ0v) is 14.9. The maximum atomic E-state index is 12.7. The van der Waals surface area contributed by atoms with Gasteiger partial charge in [0.05, 0.1) is 21.1 Å². The highest BCUT2D eigenvalue weighted by atomic mass is 35.5. The van der Waals surface area contributed by atoms with Gasteiger partial charge >= 0.3 is 6.03 Å². The van der Waals surface area contributed by atoms with Crippen molar-refractivity contribution in [2.45, 2.75) is 23.8 Å². The van der Waals surface area contributed by atoms with Crippen molar-refractivity contribution in [3.63, 3.8) is 0 Å². The van der Waals surface area contributed by atoms with Crippen LogP contribution >= 0.6 is 23.2 Å². The van der Waals surface area contributed by atoms with Gasteiger partial charge in [-0.3, -0.25) is 0 Å². The van der Waals surface area contributed by atoms with Crippen molar-refractivity contribution in [3.8, 4) is 0 Å². The standard InChI is InChI=1S/C14H15Cl2N3O3S/c1-3-18(4-2)14(20)19-9-11(16)13(17-19)23(21,22)12-8-6-5-7-10(12)15/h5-9H,3-4H2,1-2H3. The van der Waals surface area contributed by atoms with Crippen LogP contribution in [0.1, 0.15) is 13.8 Å². The second kappa shape index (κ2) is 6.90. The highest BCUT2D eigenvalue weighted by Gasteiger charge is 2.28. The Labute approximate surface area is 144 Å². The topological polar surface area (TPSA) is 72.3 Å². The molecule has 6 nitrogen and oxygen atoms in total. The summed E-state index contributed by atoms with van der Waals surface area (Å²) >= 11 is 11.9. The Morgan fingerprint density at radius 1 is 1.17 bits per heavy atom. The first-order valence-corrected chi connectivity index (χ1v) is 9.10. The van der Waals surface area contributed by atoms with E-state index in [1.165, 1.54) is 23.2 Å². The van der Waals surface area contributed by atoms with E-state index in [9.17, 15) is 13.2 Å². The van der Waals surface area contributed by atoms with Gasteiger partial charge in [-0.2, -0.15) is 9.78 Å². The van der Waals surface area contributed by atoms with Crippen molar-refractivity contribution in [2.75, 3.05) is 13.1 Å². The van der Waals surface area contributed by atoms with E-state index in [4.69, 9.17) is 23.2 Å². The molecule has 1 heterocycles. The Balaban J connectivity index is 2.50. The number of hydrogen-bond acceptors (Lipinski definition) is 4. The third kappa shape index (κ3) is 3.36. The predicted molar refractivity (Wildman–Crippen MR) is 87.9 cm³/mol. The van der Waals surface area contributed by atoms with E-state index in [0.29, 0.717) is 13.1 Å². The molecular weight excluding hydrogens is 361 g/mol. The fraction of sp³-hybridized carbons (Fsp3) is 0.286. The molecule has 0 atom stereocenters. The van der Waals surface area contributed by atoms with Crippen LogP contribution in [0.15, 0.2) is 40.4 Å². The Kier molecular flexibility index (Phi) is 5.33. The van der Waals surface area contributed by atoms with Crippen LogP contribution in [0, 0.1) is 0 Å². The summed E-state index contributed by atoms with van der Waals surface area (Å²) in [5, 5.41) is 3.40. The van der Waals surface area contributed by atoms with Gasteiger partial charge < -0.3 is 4.90 Å². The van der Waals surface area contributed by atoms with E-state index in [-0.39, 0.29) is 14.9 Å². The molecular formula is C14H15Cl2N3O3S. The summed E-state index contributed by atoms with van der Waals surface area (Å²) in [6.45, 7) is 4.57. The van der Waals surface area contributed by atoms with Gasteiger partial charge in [0.2, 0.25) is 14.9 Å². The minimum Gasteiger partial charge on any atom is -0.323 e. The smallest absolute Gasteiger partial charge is 0.323 e. The van der Waals surface area contributed by atoms with Crippen molar-refractivity contribution < 1.29 is 13.2 Å². The number of carbonyl (C=O) groups is 1. The molecule has 0 aliphatic rings. The average molecular weight is 376 g/mol. The van der Waals surface area contributed by atoms with Crippen LogP contribution in [0.25, 0.3) is 0 Å². The summed E-state index contributed by atoms with van der Waals surface area (Å²) in [6.07, 6.45) is 1.19. The SMILES string of the molecule is CCN(CC)C(=O)n1cc(Cl)c(S(=O)(=O)c2ccccc2Cl)n1. The summed E-state index contributed by atoms with van der Waals surface area (Å²) in [4.78, 5) is 13.6. The fourth-order valence-corrected chi connectivity index (χ4v) is 4.19. The molecule has 2 aromatic rings. The third-order valence-electron chi connectivity index (χ3n) is 3.25. The van der Waals surface area contributed by atoms with Crippen LogP contribution in [-0.4, -0.2) is 42.2 Å². The first-order valence-electron chi connectivity index (χ1n) is 6.87. The zero-order chi connectivity index (χ0) is 17.2. The monoisotopic (exact) mass is 375 g/mol. The molecule has 1 amide bonds. The number of rotatable bonds is 4. The number of carbonyl (C=O) groups excluding carboxylic acids is 1. The number of nitrogens with zero attached hydrogens (tertiary/aromatic N) is 3. The Bertz CT molecular complexity index is 830. The van der Waals surface area contributed by atoms with Gasteiger partial charge in [-0.05, 0) is 26.0 Å². The Morgan fingerprint density at radius 2 is 1.78 bits per heavy atom. The lowest BCUT2D eigenvalue weighted by atomic mass is 10.4. The molecule has 1 aromatic carbocycles. The van der Waals surface area contributed by atoms with E-state index >= 15 is 0 Å². The molecule has 0 N–H and O–H groups in total. The number of sulfone groups is 1. The minimum atomic E-state index is -4.02. The lowest BCUT2D eigenvalue weighted by Crippen LogP contribution is -2.34. The van der Waals surface area contributed by atoms with Crippen LogP contribution in [0.4, 0.5) is 4.79 Å². The van der Waals surface area contributed by atoms with Crippen LogP contribution in [0.2, 0.25) is 10.0 Å². The molecule has 0 spiro atoms. The van der Waals surface area contributed by atoms with E-state index in [1.54, 1.807) is 12.1 Å². The fourth-order valence-electron chi connectivity index (χ4n) is 2.02. The zero-order valence-electron chi connectivity index (χ0n) is 12.5. The molecule has 0 fully saturated rings. The van der Waals surface area contributed by atoms with Gasteiger partial charge in [-0.15, -0.1) is 0 Å². The Morgan fingerprint density at radius 3 is 2.35 bits per heavy atom. The quantitative estimate of drug-likeness (QED) is 0.821. The normalized spacial score (nSPS) is 11.5. The molecule has 9 heteroatoms. The number of halogens is 2. The highest BCUT2D eigenvalue weighted by Crippen LogP contribution is 2.30. The van der Waals surface area contributed by atoms with Gasteiger partial charge in [0.15, 0.2) is 0 Å². The first kappa shape index (κ1) is 17.8. The van der Waals surface area contributed by atoms with Gasteiger partial charge in [-0.25, -0.2) is 13.2 Å². The molecule has 0 radical (unpaired) electrons. The number of amides is 1. The molecule has 1 aromatic heterocycles. The predicted octanol–water partition coefficient (Wildman–Crippen LogP) is 3.33. The van der Waals surface area contributed by atoms with Gasteiger partial charge in [0, 0.05) is 13.1 Å². The molecule has 0 aliphatic heterocycles. The average Bonchev–Trinajstić information content (AvgIpc) is 2.91. The van der Waals surface area contributed by atoms with Gasteiger partial charge in [0.25, 0.3) is 0 Å². The van der Waals surface area contributed by atoms with Crippen molar-refractivity contribution >= 4 is 39.1 Å². The lowest BCUT2D eigenvalue weighted by Gasteiger charge is -2.17. The minimum absolute atomic E-state index is 0.0631. The molecule has 0 bridgehead atoms. The van der Waals surface area contributed by atoms with Crippen LogP contribution < -0.4 is 0 Å². The Hall–Kier alpha value is -1.57. The highest BCUT2D eigenvalue weighted by molar-refractivity contribution is 7.91. The van der Waals surface area contributed by atoms with E-state index in [0.717, 1.165) is 4.68 Å². The van der Waals surface area contributed by atoms with Crippen molar-refractivity contribution in [1.29, 1.82) is 0 Å². The van der Waals surface area contributed by atoms with Gasteiger partial charge in [0.1, 0.15) is 0 Å². The second-order valence-electron chi connectivity index (χ2n) is 4.62. The van der Waals surface area contributed by atoms with E-state index in [1.807, 2.05) is 13.8 Å². The lowest BCUT2D eigenvalue weighted by molar-refractivity contribution is 0.201. The van der Waals surface area contributed by atoms with E-state index < -0.39 is 20.9 Å². The van der Waals surface area contributed by atoms with Gasteiger partial charge in [-0.1, -0.05) is 35.3 Å². The molecule has 23 heavy (non-hydrogen) atoms. The van der Waals surface area contributed by atoms with Crippen LogP contribution in [-0.2, 0) is 9.84 Å². The summed E-state index contributed by atoms with van der Waals surface area (Å²) in [5.74, 6) is 0. The summed E-state index contributed by atoms with van der Waals surface area (Å²) < 4.78 is 26.2. The van der Waals surface area contributed by atoms with Crippen LogP contribution in [0.5, 0.6) is 0 Å². The molecule has 0 saturated carbocycles. The largest absolute Gasteiger partial charge is 0.344 e. The maximum absolute atomic E-state index is 12.7. The van der Waals surface area contributed by atoms with Crippen molar-refractivity contribution in [3.05, 3.63) is 40.5 Å². The molecule has 0 unspecified atom stereocenters. The van der Waals surface area contributed by atoms with Crippen molar-refractivity contribution in [1.82, 2.24) is 14.7 Å². The molecule has 2 rings (SSSR count). The molecule has 0 saturated heterocycles. The summed E-state index contributed by atoms with van der Waals surface area (Å²) in [5.41, 5.74) is 0.